The number of aliphatic carboxylic acids is 1. The van der Waals surface area contributed by atoms with Crippen molar-refractivity contribution in [1.29, 1.82) is 0 Å². The molecule has 0 fully saturated rings. The molecule has 0 saturated carbocycles. The highest BCUT2D eigenvalue weighted by atomic mass is 32.2. The second-order valence-corrected chi connectivity index (χ2v) is 6.77. The summed E-state index contributed by atoms with van der Waals surface area (Å²) >= 11 is 0.795. The van der Waals surface area contributed by atoms with Crippen molar-refractivity contribution in [2.75, 3.05) is 0 Å². The van der Waals surface area contributed by atoms with E-state index in [1.165, 1.54) is 30.3 Å². The quantitative estimate of drug-likeness (QED) is 0.527. The smallest absolute Gasteiger partial charge is 0.342 e. The standard InChI is InChI=1S/C19H15FN2O4S/c1-10-7-12(8-11(2)16(10)23)9-15(18(24)25)27-19-22-21-17(26-19)13-3-5-14(20)6-4-13/h3-9,23H,1-2H3,(H,24,25)/p-1/b15-9+. The maximum absolute atomic E-state index is 13.0. The van der Waals surface area contributed by atoms with E-state index in [1.54, 1.807) is 26.0 Å². The van der Waals surface area contributed by atoms with Crippen molar-refractivity contribution in [2.45, 2.75) is 19.1 Å². The molecular weight excluding hydrogens is 371 g/mol. The summed E-state index contributed by atoms with van der Waals surface area (Å²) in [6.07, 6.45) is 1.44. The second kappa shape index (κ2) is 7.63. The number of aryl methyl sites for hydroxylation is 2. The topological polar surface area (TPSA) is 99.3 Å². The summed E-state index contributed by atoms with van der Waals surface area (Å²) in [4.78, 5) is 11.5. The van der Waals surface area contributed by atoms with E-state index in [-0.39, 0.29) is 21.8 Å². The van der Waals surface area contributed by atoms with E-state index in [0.29, 0.717) is 22.3 Å². The fourth-order valence-electron chi connectivity index (χ4n) is 2.41. The van der Waals surface area contributed by atoms with E-state index in [0.717, 1.165) is 11.8 Å². The third-order valence-corrected chi connectivity index (χ3v) is 4.54. The summed E-state index contributed by atoms with van der Waals surface area (Å²) in [5.41, 5.74) is 2.18. The molecule has 0 aliphatic carbocycles. The number of nitrogens with zero attached hydrogens (tertiary/aromatic N) is 2. The van der Waals surface area contributed by atoms with Crippen LogP contribution in [0.5, 0.6) is 5.75 Å². The van der Waals surface area contributed by atoms with Crippen molar-refractivity contribution in [3.63, 3.8) is 0 Å². The van der Waals surface area contributed by atoms with Gasteiger partial charge < -0.3 is 14.6 Å². The fraction of sp³-hybridized carbons (Fsp3) is 0.105. The van der Waals surface area contributed by atoms with E-state index < -0.39 is 11.8 Å². The summed E-state index contributed by atoms with van der Waals surface area (Å²) < 4.78 is 18.5. The molecular formula is C19H14FN2O4S-. The summed E-state index contributed by atoms with van der Waals surface area (Å²) in [5, 5.41) is 29.0. The van der Waals surface area contributed by atoms with Gasteiger partial charge in [-0.3, -0.25) is 0 Å². The van der Waals surface area contributed by atoms with Crippen molar-refractivity contribution in [3.8, 4) is 17.2 Å². The molecule has 1 N–H and O–H groups in total. The molecule has 0 saturated heterocycles. The lowest BCUT2D eigenvalue weighted by atomic mass is 10.1. The Labute approximate surface area is 158 Å². The zero-order chi connectivity index (χ0) is 19.6. The number of carbonyl (C=O) groups is 1. The molecule has 3 aromatic rings. The first kappa shape index (κ1) is 18.7. The van der Waals surface area contributed by atoms with E-state index in [4.69, 9.17) is 4.42 Å². The molecule has 0 bridgehead atoms. The van der Waals surface area contributed by atoms with Crippen LogP contribution in [0.2, 0.25) is 0 Å². The summed E-state index contributed by atoms with van der Waals surface area (Å²) in [7, 11) is 0. The molecule has 6 nitrogen and oxygen atoms in total. The second-order valence-electron chi connectivity index (χ2n) is 5.78. The number of hydrogen-bond acceptors (Lipinski definition) is 6. The first-order chi connectivity index (χ1) is 12.8. The lowest BCUT2D eigenvalue weighted by Crippen LogP contribution is -1.99. The molecule has 0 aliphatic heterocycles. The molecule has 0 unspecified atom stereocenters. The number of hydrogen-bond donors (Lipinski definition) is 1. The summed E-state index contributed by atoms with van der Waals surface area (Å²) in [6, 6.07) is 8.74. The Morgan fingerprint density at radius 3 is 2.41 bits per heavy atom. The van der Waals surface area contributed by atoms with E-state index in [2.05, 4.69) is 10.2 Å². The van der Waals surface area contributed by atoms with Crippen molar-refractivity contribution in [1.82, 2.24) is 10.2 Å². The number of rotatable bonds is 5. The van der Waals surface area contributed by atoms with Crippen LogP contribution in [0.1, 0.15) is 16.7 Å². The van der Waals surface area contributed by atoms with Crippen LogP contribution in [0.3, 0.4) is 0 Å². The highest BCUT2D eigenvalue weighted by Crippen LogP contribution is 2.31. The average molecular weight is 385 g/mol. The maximum atomic E-state index is 13.0. The molecule has 0 aliphatic rings. The average Bonchev–Trinajstić information content (AvgIpc) is 3.08. The van der Waals surface area contributed by atoms with Crippen LogP contribution in [0.25, 0.3) is 17.5 Å². The SMILES string of the molecule is Cc1cc(/C=C(/Sc2nnc(-c3ccc(F)cc3)o2)C(=O)O)cc(C)c1[O-]. The molecule has 0 spiro atoms. The molecule has 3 rings (SSSR count). The third-order valence-electron chi connectivity index (χ3n) is 3.69. The van der Waals surface area contributed by atoms with Gasteiger partial charge in [0.25, 0.3) is 5.22 Å². The predicted molar refractivity (Wildman–Crippen MR) is 96.5 cm³/mol. The number of carboxylic acids is 1. The number of thioether (sulfide) groups is 1. The highest BCUT2D eigenvalue weighted by Gasteiger charge is 2.16. The van der Waals surface area contributed by atoms with Gasteiger partial charge in [-0.1, -0.05) is 23.3 Å². The maximum Gasteiger partial charge on any atom is 0.342 e. The van der Waals surface area contributed by atoms with Gasteiger partial charge in [0.15, 0.2) is 0 Å². The molecule has 8 heteroatoms. The minimum absolute atomic E-state index is 0.0388. The van der Waals surface area contributed by atoms with Gasteiger partial charge in [-0.25, -0.2) is 9.18 Å². The van der Waals surface area contributed by atoms with Crippen molar-refractivity contribution in [3.05, 3.63) is 63.8 Å². The number of halogens is 1. The van der Waals surface area contributed by atoms with E-state index in [9.17, 15) is 19.4 Å². The molecule has 138 valence electrons. The molecule has 27 heavy (non-hydrogen) atoms. The van der Waals surface area contributed by atoms with Gasteiger partial charge in [-0.2, -0.15) is 0 Å². The van der Waals surface area contributed by atoms with Gasteiger partial charge in [0.1, 0.15) is 10.7 Å². The predicted octanol–water partition coefficient (Wildman–Crippen LogP) is 3.78. The van der Waals surface area contributed by atoms with Crippen LogP contribution in [-0.4, -0.2) is 21.3 Å². The molecule has 1 aromatic heterocycles. The first-order valence-electron chi connectivity index (χ1n) is 7.84. The Morgan fingerprint density at radius 1 is 1.19 bits per heavy atom. The molecule has 0 radical (unpaired) electrons. The normalized spacial score (nSPS) is 11.6. The van der Waals surface area contributed by atoms with Crippen molar-refractivity contribution >= 4 is 23.8 Å². The lowest BCUT2D eigenvalue weighted by Gasteiger charge is -2.15. The Hall–Kier alpha value is -3.13. The lowest BCUT2D eigenvalue weighted by molar-refractivity contribution is -0.270. The van der Waals surface area contributed by atoms with Crippen LogP contribution in [0.4, 0.5) is 4.39 Å². The van der Waals surface area contributed by atoms with Crippen LogP contribution in [0.15, 0.2) is 50.9 Å². The van der Waals surface area contributed by atoms with Crippen molar-refractivity contribution < 1.29 is 23.8 Å². The van der Waals surface area contributed by atoms with Crippen LogP contribution in [0, 0.1) is 19.7 Å². The number of aromatic nitrogens is 2. The van der Waals surface area contributed by atoms with Crippen molar-refractivity contribution in [2.24, 2.45) is 0 Å². The minimum Gasteiger partial charge on any atom is -0.872 e. The zero-order valence-corrected chi connectivity index (χ0v) is 15.2. The number of carboxylic acid groups (broad SMARTS) is 1. The van der Waals surface area contributed by atoms with Gasteiger partial charge in [0.2, 0.25) is 5.89 Å². The largest absolute Gasteiger partial charge is 0.872 e. The first-order valence-corrected chi connectivity index (χ1v) is 8.65. The summed E-state index contributed by atoms with van der Waals surface area (Å²) in [6.45, 7) is 3.35. The Morgan fingerprint density at radius 2 is 1.81 bits per heavy atom. The van der Waals surface area contributed by atoms with Crippen LogP contribution >= 0.6 is 11.8 Å². The fourth-order valence-corrected chi connectivity index (χ4v) is 3.08. The van der Waals surface area contributed by atoms with Gasteiger partial charge >= 0.3 is 5.97 Å². The summed E-state index contributed by atoms with van der Waals surface area (Å²) in [5.74, 6) is -1.47. The Bertz CT molecular complexity index is 1010. The van der Waals surface area contributed by atoms with Gasteiger partial charge in [0.05, 0.1) is 0 Å². The molecule has 2 aromatic carbocycles. The van der Waals surface area contributed by atoms with E-state index in [1.807, 2.05) is 0 Å². The zero-order valence-electron chi connectivity index (χ0n) is 14.4. The van der Waals surface area contributed by atoms with Crippen LogP contribution in [-0.2, 0) is 4.79 Å². The monoisotopic (exact) mass is 385 g/mol. The van der Waals surface area contributed by atoms with E-state index >= 15 is 0 Å². The Balaban J connectivity index is 1.87. The highest BCUT2D eigenvalue weighted by molar-refractivity contribution is 8.03. The van der Waals surface area contributed by atoms with Gasteiger partial charge in [0, 0.05) is 5.56 Å². The Kier molecular flexibility index (Phi) is 5.27. The van der Waals surface area contributed by atoms with Crippen LogP contribution < -0.4 is 5.11 Å². The number of benzene rings is 2. The molecule has 0 amide bonds. The third kappa shape index (κ3) is 4.35. The van der Waals surface area contributed by atoms with Gasteiger partial charge in [-0.15, -0.1) is 15.9 Å². The van der Waals surface area contributed by atoms with Gasteiger partial charge in [-0.05, 0) is 61.5 Å². The molecule has 0 atom stereocenters. The molecule has 1 heterocycles. The minimum atomic E-state index is -1.16.